The van der Waals surface area contributed by atoms with Gasteiger partial charge in [-0.15, -0.1) is 0 Å². The molecule has 0 radical (unpaired) electrons. The van der Waals surface area contributed by atoms with Crippen molar-refractivity contribution >= 4 is 11.4 Å². The minimum absolute atomic E-state index is 0.151. The fourth-order valence-electron chi connectivity index (χ4n) is 2.63. The molecular formula is C14H20N2O2. The van der Waals surface area contributed by atoms with Crippen LogP contribution in [0.4, 0.5) is 11.4 Å². The van der Waals surface area contributed by atoms with Gasteiger partial charge in [0, 0.05) is 24.4 Å². The van der Waals surface area contributed by atoms with Gasteiger partial charge in [-0.3, -0.25) is 10.1 Å². The second-order valence-electron chi connectivity index (χ2n) is 5.03. The third-order valence-corrected chi connectivity index (χ3v) is 3.66. The molecule has 4 heteroatoms. The molecule has 1 aliphatic rings. The van der Waals surface area contributed by atoms with Gasteiger partial charge < -0.3 is 5.32 Å². The van der Waals surface area contributed by atoms with Crippen molar-refractivity contribution in [2.75, 3.05) is 11.9 Å². The molecule has 0 atom stereocenters. The van der Waals surface area contributed by atoms with Crippen LogP contribution in [0.25, 0.3) is 0 Å². The molecule has 1 N–H and O–H groups in total. The lowest BCUT2D eigenvalue weighted by molar-refractivity contribution is -0.384. The summed E-state index contributed by atoms with van der Waals surface area (Å²) in [5.74, 6) is 0.838. The summed E-state index contributed by atoms with van der Waals surface area (Å²) in [6.07, 6.45) is 7.97. The SMILES string of the molecule is O=[N+]([O-])c1cccc(NCCC2CCCCC2)c1. The first-order valence-corrected chi connectivity index (χ1v) is 6.74. The Bertz CT molecular complexity index is 401. The van der Waals surface area contributed by atoms with E-state index in [0.717, 1.165) is 18.2 Å². The van der Waals surface area contributed by atoms with Gasteiger partial charge in [0.25, 0.3) is 5.69 Å². The van der Waals surface area contributed by atoms with E-state index in [2.05, 4.69) is 5.32 Å². The first-order chi connectivity index (χ1) is 8.75. The first-order valence-electron chi connectivity index (χ1n) is 6.74. The number of nitro benzene ring substituents is 1. The third kappa shape index (κ3) is 3.72. The van der Waals surface area contributed by atoms with Gasteiger partial charge in [-0.05, 0) is 18.4 Å². The molecule has 0 heterocycles. The van der Waals surface area contributed by atoms with E-state index in [0.29, 0.717) is 0 Å². The fourth-order valence-corrected chi connectivity index (χ4v) is 2.63. The lowest BCUT2D eigenvalue weighted by Crippen LogP contribution is -2.12. The molecule has 0 amide bonds. The molecule has 0 aliphatic heterocycles. The van der Waals surface area contributed by atoms with Crippen LogP contribution in [0.5, 0.6) is 0 Å². The minimum atomic E-state index is -0.355. The molecular weight excluding hydrogens is 228 g/mol. The van der Waals surface area contributed by atoms with Crippen LogP contribution in [0, 0.1) is 16.0 Å². The van der Waals surface area contributed by atoms with E-state index in [1.54, 1.807) is 12.1 Å². The number of rotatable bonds is 5. The zero-order valence-electron chi connectivity index (χ0n) is 10.6. The van der Waals surface area contributed by atoms with Crippen molar-refractivity contribution in [2.45, 2.75) is 38.5 Å². The van der Waals surface area contributed by atoms with Crippen LogP contribution in [0.15, 0.2) is 24.3 Å². The molecule has 0 unspecified atom stereocenters. The predicted octanol–water partition coefficient (Wildman–Crippen LogP) is 3.98. The molecule has 1 aromatic carbocycles. The molecule has 1 fully saturated rings. The summed E-state index contributed by atoms with van der Waals surface area (Å²) in [4.78, 5) is 10.3. The van der Waals surface area contributed by atoms with E-state index in [1.807, 2.05) is 6.07 Å². The van der Waals surface area contributed by atoms with E-state index in [4.69, 9.17) is 0 Å². The molecule has 18 heavy (non-hydrogen) atoms. The van der Waals surface area contributed by atoms with Gasteiger partial charge in [0.2, 0.25) is 0 Å². The highest BCUT2D eigenvalue weighted by molar-refractivity contribution is 5.50. The molecule has 2 rings (SSSR count). The summed E-state index contributed by atoms with van der Waals surface area (Å²) >= 11 is 0. The fraction of sp³-hybridized carbons (Fsp3) is 0.571. The van der Waals surface area contributed by atoms with Crippen LogP contribution in [0.2, 0.25) is 0 Å². The van der Waals surface area contributed by atoms with Crippen molar-refractivity contribution in [3.05, 3.63) is 34.4 Å². The second kappa shape index (κ2) is 6.38. The Morgan fingerprint density at radius 2 is 2.06 bits per heavy atom. The molecule has 4 nitrogen and oxygen atoms in total. The number of hydrogen-bond donors (Lipinski definition) is 1. The third-order valence-electron chi connectivity index (χ3n) is 3.66. The molecule has 0 spiro atoms. The van der Waals surface area contributed by atoms with E-state index in [9.17, 15) is 10.1 Å². The van der Waals surface area contributed by atoms with Crippen LogP contribution >= 0.6 is 0 Å². The number of nitro groups is 1. The Morgan fingerprint density at radius 1 is 1.28 bits per heavy atom. The summed E-state index contributed by atoms with van der Waals surface area (Å²) in [6.45, 7) is 0.909. The van der Waals surface area contributed by atoms with Crippen molar-refractivity contribution in [1.82, 2.24) is 0 Å². The molecule has 1 aromatic rings. The number of anilines is 1. The van der Waals surface area contributed by atoms with Gasteiger partial charge in [-0.1, -0.05) is 38.2 Å². The molecule has 1 aliphatic carbocycles. The summed E-state index contributed by atoms with van der Waals surface area (Å²) in [5.41, 5.74) is 0.998. The van der Waals surface area contributed by atoms with Crippen molar-refractivity contribution in [1.29, 1.82) is 0 Å². The quantitative estimate of drug-likeness (QED) is 0.633. The van der Waals surface area contributed by atoms with Crippen molar-refractivity contribution in [2.24, 2.45) is 5.92 Å². The average molecular weight is 248 g/mol. The van der Waals surface area contributed by atoms with Crippen molar-refractivity contribution in [3.8, 4) is 0 Å². The smallest absolute Gasteiger partial charge is 0.271 e. The zero-order valence-corrected chi connectivity index (χ0v) is 10.6. The topological polar surface area (TPSA) is 55.2 Å². The van der Waals surface area contributed by atoms with Gasteiger partial charge in [-0.25, -0.2) is 0 Å². The van der Waals surface area contributed by atoms with Crippen LogP contribution in [-0.4, -0.2) is 11.5 Å². The maximum Gasteiger partial charge on any atom is 0.271 e. The number of non-ortho nitro benzene ring substituents is 1. The highest BCUT2D eigenvalue weighted by Crippen LogP contribution is 2.26. The number of nitrogens with zero attached hydrogens (tertiary/aromatic N) is 1. The number of nitrogens with one attached hydrogen (secondary N) is 1. The second-order valence-corrected chi connectivity index (χ2v) is 5.03. The van der Waals surface area contributed by atoms with Crippen molar-refractivity contribution in [3.63, 3.8) is 0 Å². The van der Waals surface area contributed by atoms with Gasteiger partial charge >= 0.3 is 0 Å². The van der Waals surface area contributed by atoms with Gasteiger partial charge in [0.05, 0.1) is 4.92 Å². The Labute approximate surface area is 108 Å². The van der Waals surface area contributed by atoms with Gasteiger partial charge in [0.15, 0.2) is 0 Å². The van der Waals surface area contributed by atoms with E-state index in [1.165, 1.54) is 44.6 Å². The molecule has 0 bridgehead atoms. The van der Waals surface area contributed by atoms with Gasteiger partial charge in [-0.2, -0.15) is 0 Å². The van der Waals surface area contributed by atoms with E-state index < -0.39 is 0 Å². The molecule has 98 valence electrons. The predicted molar refractivity (Wildman–Crippen MR) is 72.8 cm³/mol. The summed E-state index contributed by atoms with van der Waals surface area (Å²) in [5, 5.41) is 13.9. The lowest BCUT2D eigenvalue weighted by atomic mass is 9.87. The zero-order chi connectivity index (χ0) is 12.8. The van der Waals surface area contributed by atoms with Crippen molar-refractivity contribution < 1.29 is 4.92 Å². The molecule has 0 saturated heterocycles. The van der Waals surface area contributed by atoms with E-state index in [-0.39, 0.29) is 10.6 Å². The average Bonchev–Trinajstić information content (AvgIpc) is 2.40. The maximum absolute atomic E-state index is 10.7. The van der Waals surface area contributed by atoms with Crippen LogP contribution in [0.3, 0.4) is 0 Å². The van der Waals surface area contributed by atoms with Crippen LogP contribution < -0.4 is 5.32 Å². The van der Waals surface area contributed by atoms with Crippen LogP contribution in [-0.2, 0) is 0 Å². The maximum atomic E-state index is 10.7. The summed E-state index contributed by atoms with van der Waals surface area (Å²) < 4.78 is 0. The Hall–Kier alpha value is -1.58. The summed E-state index contributed by atoms with van der Waals surface area (Å²) in [7, 11) is 0. The van der Waals surface area contributed by atoms with Gasteiger partial charge in [0.1, 0.15) is 0 Å². The number of benzene rings is 1. The molecule has 0 aromatic heterocycles. The Kier molecular flexibility index (Phi) is 4.56. The minimum Gasteiger partial charge on any atom is -0.385 e. The normalized spacial score (nSPS) is 16.4. The standard InChI is InChI=1S/C14H20N2O2/c17-16(18)14-8-4-7-13(11-14)15-10-9-12-5-2-1-3-6-12/h4,7-8,11-12,15H,1-3,5-6,9-10H2. The highest BCUT2D eigenvalue weighted by atomic mass is 16.6. The lowest BCUT2D eigenvalue weighted by Gasteiger charge is -2.21. The van der Waals surface area contributed by atoms with Crippen LogP contribution in [0.1, 0.15) is 38.5 Å². The number of hydrogen-bond acceptors (Lipinski definition) is 3. The first kappa shape index (κ1) is 12.9. The molecule has 1 saturated carbocycles. The Balaban J connectivity index is 1.78. The summed E-state index contributed by atoms with van der Waals surface area (Å²) in [6, 6.07) is 6.72. The Morgan fingerprint density at radius 3 is 2.78 bits per heavy atom. The largest absolute Gasteiger partial charge is 0.385 e. The van der Waals surface area contributed by atoms with E-state index >= 15 is 0 Å². The monoisotopic (exact) mass is 248 g/mol. The highest BCUT2D eigenvalue weighted by Gasteiger charge is 2.12.